The molecular weight excluding hydrogens is 178 g/mol. The first-order valence-corrected chi connectivity index (χ1v) is 4.68. The Morgan fingerprint density at radius 2 is 2.21 bits per heavy atom. The minimum Gasteiger partial charge on any atom is -0.494 e. The van der Waals surface area contributed by atoms with Crippen molar-refractivity contribution in [3.63, 3.8) is 0 Å². The Morgan fingerprint density at radius 1 is 1.50 bits per heavy atom. The molecule has 0 heterocycles. The third-order valence-corrected chi connectivity index (χ3v) is 1.95. The number of carbonyl (C=O) groups is 1. The molecule has 0 aliphatic heterocycles. The van der Waals surface area contributed by atoms with E-state index in [9.17, 15) is 4.79 Å². The zero-order chi connectivity index (χ0) is 10.6. The lowest BCUT2D eigenvalue weighted by atomic mass is 10.1. The van der Waals surface area contributed by atoms with Crippen LogP contribution in [0.2, 0.25) is 0 Å². The molecule has 0 bridgehead atoms. The SMILES string of the molecule is CCCOc1ccc(C)c(C(N)=O)c1. The standard InChI is InChI=1S/C11H15NO2/c1-3-6-14-9-5-4-8(2)10(7-9)11(12)13/h4-5,7H,3,6H2,1-2H3,(H2,12,13). The predicted octanol–water partition coefficient (Wildman–Crippen LogP) is 1.88. The van der Waals surface area contributed by atoms with Gasteiger partial charge in [0.2, 0.25) is 5.91 Å². The largest absolute Gasteiger partial charge is 0.494 e. The van der Waals surface area contributed by atoms with Crippen molar-refractivity contribution in [1.29, 1.82) is 0 Å². The summed E-state index contributed by atoms with van der Waals surface area (Å²) in [5, 5.41) is 0. The van der Waals surface area contributed by atoms with Crippen LogP contribution in [0.1, 0.15) is 29.3 Å². The van der Waals surface area contributed by atoms with Crippen molar-refractivity contribution in [2.24, 2.45) is 5.73 Å². The van der Waals surface area contributed by atoms with Crippen LogP contribution >= 0.6 is 0 Å². The molecule has 1 rings (SSSR count). The second kappa shape index (κ2) is 4.65. The lowest BCUT2D eigenvalue weighted by molar-refractivity contribution is 0.0999. The second-order valence-corrected chi connectivity index (χ2v) is 3.19. The molecule has 0 unspecified atom stereocenters. The van der Waals surface area contributed by atoms with E-state index in [0.717, 1.165) is 12.0 Å². The van der Waals surface area contributed by atoms with Crippen molar-refractivity contribution in [2.45, 2.75) is 20.3 Å². The van der Waals surface area contributed by atoms with Crippen LogP contribution in [0.3, 0.4) is 0 Å². The number of carbonyl (C=O) groups excluding carboxylic acids is 1. The Morgan fingerprint density at radius 3 is 2.79 bits per heavy atom. The minimum atomic E-state index is -0.413. The smallest absolute Gasteiger partial charge is 0.249 e. The summed E-state index contributed by atoms with van der Waals surface area (Å²) in [5.74, 6) is 0.288. The fraction of sp³-hybridized carbons (Fsp3) is 0.364. The van der Waals surface area contributed by atoms with Gasteiger partial charge in [0.05, 0.1) is 6.61 Å². The third kappa shape index (κ3) is 2.49. The Kier molecular flexibility index (Phi) is 3.51. The molecule has 76 valence electrons. The van der Waals surface area contributed by atoms with Crippen LogP contribution in [-0.4, -0.2) is 12.5 Å². The van der Waals surface area contributed by atoms with E-state index >= 15 is 0 Å². The molecule has 0 aromatic heterocycles. The first-order valence-electron chi connectivity index (χ1n) is 4.68. The van der Waals surface area contributed by atoms with Crippen molar-refractivity contribution >= 4 is 5.91 Å². The van der Waals surface area contributed by atoms with E-state index in [1.54, 1.807) is 6.07 Å². The molecule has 14 heavy (non-hydrogen) atoms. The number of hydrogen-bond donors (Lipinski definition) is 1. The number of rotatable bonds is 4. The van der Waals surface area contributed by atoms with E-state index in [0.29, 0.717) is 17.9 Å². The van der Waals surface area contributed by atoms with Crippen LogP contribution in [-0.2, 0) is 0 Å². The molecule has 0 aliphatic rings. The number of nitrogens with two attached hydrogens (primary N) is 1. The molecule has 0 atom stereocenters. The van der Waals surface area contributed by atoms with Crippen molar-refractivity contribution in [1.82, 2.24) is 0 Å². The van der Waals surface area contributed by atoms with Gasteiger partial charge in [-0.25, -0.2) is 0 Å². The molecule has 0 saturated heterocycles. The first-order chi connectivity index (χ1) is 6.65. The fourth-order valence-corrected chi connectivity index (χ4v) is 1.18. The van der Waals surface area contributed by atoms with Gasteiger partial charge in [-0.2, -0.15) is 0 Å². The summed E-state index contributed by atoms with van der Waals surface area (Å²) >= 11 is 0. The van der Waals surface area contributed by atoms with E-state index in [4.69, 9.17) is 10.5 Å². The van der Waals surface area contributed by atoms with Gasteiger partial charge in [-0.15, -0.1) is 0 Å². The number of aryl methyl sites for hydroxylation is 1. The molecule has 0 radical (unpaired) electrons. The van der Waals surface area contributed by atoms with Gasteiger partial charge in [-0.1, -0.05) is 13.0 Å². The summed E-state index contributed by atoms with van der Waals surface area (Å²) in [6, 6.07) is 5.37. The lowest BCUT2D eigenvalue weighted by Gasteiger charge is -2.07. The summed E-state index contributed by atoms with van der Waals surface area (Å²) in [6.45, 7) is 4.54. The molecule has 0 saturated carbocycles. The molecule has 1 aromatic rings. The Bertz CT molecular complexity index is 334. The average molecular weight is 193 g/mol. The summed E-state index contributed by atoms with van der Waals surface area (Å²) in [5.41, 5.74) is 6.62. The van der Waals surface area contributed by atoms with Gasteiger partial charge in [0.1, 0.15) is 5.75 Å². The molecule has 0 spiro atoms. The van der Waals surface area contributed by atoms with Crippen LogP contribution in [0.5, 0.6) is 5.75 Å². The van der Waals surface area contributed by atoms with Crippen molar-refractivity contribution in [3.8, 4) is 5.75 Å². The summed E-state index contributed by atoms with van der Waals surface area (Å²) < 4.78 is 5.39. The van der Waals surface area contributed by atoms with E-state index in [2.05, 4.69) is 0 Å². The number of primary amides is 1. The van der Waals surface area contributed by atoms with Crippen molar-refractivity contribution < 1.29 is 9.53 Å². The molecule has 0 aliphatic carbocycles. The predicted molar refractivity (Wildman–Crippen MR) is 55.5 cm³/mol. The van der Waals surface area contributed by atoms with Gasteiger partial charge in [0.25, 0.3) is 0 Å². The van der Waals surface area contributed by atoms with Crippen LogP contribution in [0.4, 0.5) is 0 Å². The highest BCUT2D eigenvalue weighted by atomic mass is 16.5. The van der Waals surface area contributed by atoms with E-state index in [1.807, 2.05) is 26.0 Å². The van der Waals surface area contributed by atoms with Crippen molar-refractivity contribution in [2.75, 3.05) is 6.61 Å². The number of ether oxygens (including phenoxy) is 1. The van der Waals surface area contributed by atoms with Gasteiger partial charge in [-0.3, -0.25) is 4.79 Å². The third-order valence-electron chi connectivity index (χ3n) is 1.95. The molecule has 2 N–H and O–H groups in total. The van der Waals surface area contributed by atoms with Crippen LogP contribution in [0.15, 0.2) is 18.2 Å². The normalized spacial score (nSPS) is 9.86. The number of benzene rings is 1. The average Bonchev–Trinajstić information content (AvgIpc) is 2.16. The van der Waals surface area contributed by atoms with E-state index in [1.165, 1.54) is 0 Å². The zero-order valence-corrected chi connectivity index (χ0v) is 8.54. The topological polar surface area (TPSA) is 52.3 Å². The van der Waals surface area contributed by atoms with E-state index < -0.39 is 5.91 Å². The van der Waals surface area contributed by atoms with E-state index in [-0.39, 0.29) is 0 Å². The summed E-state index contributed by atoms with van der Waals surface area (Å²) in [4.78, 5) is 11.0. The molecule has 3 nitrogen and oxygen atoms in total. The van der Waals surface area contributed by atoms with Crippen LogP contribution < -0.4 is 10.5 Å². The molecule has 0 fully saturated rings. The Balaban J connectivity index is 2.89. The quantitative estimate of drug-likeness (QED) is 0.793. The van der Waals surface area contributed by atoms with Gasteiger partial charge in [0.15, 0.2) is 0 Å². The molecular formula is C11H15NO2. The summed E-state index contributed by atoms with van der Waals surface area (Å²) in [7, 11) is 0. The molecule has 1 amide bonds. The first kappa shape index (κ1) is 10.6. The molecule has 3 heteroatoms. The zero-order valence-electron chi connectivity index (χ0n) is 8.54. The van der Waals surface area contributed by atoms with Gasteiger partial charge in [0, 0.05) is 5.56 Å². The number of amides is 1. The van der Waals surface area contributed by atoms with Gasteiger partial charge in [-0.05, 0) is 31.0 Å². The monoisotopic (exact) mass is 193 g/mol. The minimum absolute atomic E-state index is 0.413. The lowest BCUT2D eigenvalue weighted by Crippen LogP contribution is -2.12. The molecule has 1 aromatic carbocycles. The van der Waals surface area contributed by atoms with Crippen molar-refractivity contribution in [3.05, 3.63) is 29.3 Å². The highest BCUT2D eigenvalue weighted by Gasteiger charge is 2.05. The maximum absolute atomic E-state index is 11.0. The number of hydrogen-bond acceptors (Lipinski definition) is 2. The Labute approximate surface area is 83.9 Å². The maximum Gasteiger partial charge on any atom is 0.249 e. The van der Waals surface area contributed by atoms with Gasteiger partial charge >= 0.3 is 0 Å². The highest BCUT2D eigenvalue weighted by molar-refractivity contribution is 5.94. The maximum atomic E-state index is 11.0. The van der Waals surface area contributed by atoms with Crippen LogP contribution in [0, 0.1) is 6.92 Å². The second-order valence-electron chi connectivity index (χ2n) is 3.19. The summed E-state index contributed by atoms with van der Waals surface area (Å²) in [6.07, 6.45) is 0.944. The highest BCUT2D eigenvalue weighted by Crippen LogP contribution is 2.17. The Hall–Kier alpha value is -1.51. The van der Waals surface area contributed by atoms with Gasteiger partial charge < -0.3 is 10.5 Å². The fourth-order valence-electron chi connectivity index (χ4n) is 1.18. The van der Waals surface area contributed by atoms with Crippen LogP contribution in [0.25, 0.3) is 0 Å².